The van der Waals surface area contributed by atoms with Gasteiger partial charge in [-0.1, -0.05) is 0 Å². The van der Waals surface area contributed by atoms with Gasteiger partial charge < -0.3 is 20.1 Å². The first-order valence-electron chi connectivity index (χ1n) is 4.98. The molecule has 0 aromatic heterocycles. The van der Waals surface area contributed by atoms with Crippen LogP contribution in [0, 0.1) is 5.92 Å². The third kappa shape index (κ3) is 5.09. The first kappa shape index (κ1) is 14.9. The Bertz CT molecular complexity index is 248. The van der Waals surface area contributed by atoms with E-state index in [2.05, 4.69) is 0 Å². The topological polar surface area (TPSA) is 104 Å². The molecule has 0 aromatic carbocycles. The van der Waals surface area contributed by atoms with Gasteiger partial charge in [-0.25, -0.2) is 0 Å². The van der Waals surface area contributed by atoms with Crippen molar-refractivity contribution < 1.29 is 29.6 Å². The Balaban J connectivity index is 4.40. The number of carbonyl (C=O) groups is 2. The van der Waals surface area contributed by atoms with Gasteiger partial charge in [0.15, 0.2) is 0 Å². The van der Waals surface area contributed by atoms with E-state index in [0.717, 1.165) is 0 Å². The lowest BCUT2D eigenvalue weighted by atomic mass is 9.89. The van der Waals surface area contributed by atoms with E-state index in [1.165, 1.54) is 0 Å². The second kappa shape index (κ2) is 6.44. The van der Waals surface area contributed by atoms with E-state index in [0.29, 0.717) is 0 Å². The van der Waals surface area contributed by atoms with Crippen molar-refractivity contribution in [3.05, 3.63) is 0 Å². The van der Waals surface area contributed by atoms with Crippen LogP contribution in [-0.4, -0.2) is 46.1 Å². The van der Waals surface area contributed by atoms with E-state index in [1.807, 2.05) is 0 Å². The SMILES string of the molecule is CC(C)(OC(=O)CC(=O)O)C(CO)CCO. The van der Waals surface area contributed by atoms with Crippen LogP contribution in [-0.2, 0) is 14.3 Å². The summed E-state index contributed by atoms with van der Waals surface area (Å²) >= 11 is 0. The smallest absolute Gasteiger partial charge is 0.317 e. The predicted molar refractivity (Wildman–Crippen MR) is 54.7 cm³/mol. The van der Waals surface area contributed by atoms with Crippen molar-refractivity contribution >= 4 is 11.9 Å². The second-order valence-electron chi connectivity index (χ2n) is 4.04. The maximum atomic E-state index is 11.1. The molecule has 16 heavy (non-hydrogen) atoms. The number of carboxylic acids is 1. The molecule has 6 heteroatoms. The summed E-state index contributed by atoms with van der Waals surface area (Å²) < 4.78 is 4.96. The zero-order valence-electron chi connectivity index (χ0n) is 9.47. The summed E-state index contributed by atoms with van der Waals surface area (Å²) in [4.78, 5) is 21.4. The molecule has 3 N–H and O–H groups in total. The minimum absolute atomic E-state index is 0.134. The van der Waals surface area contributed by atoms with Crippen LogP contribution < -0.4 is 0 Å². The van der Waals surface area contributed by atoms with E-state index in [4.69, 9.17) is 20.1 Å². The molecule has 0 saturated heterocycles. The largest absolute Gasteiger partial charge is 0.481 e. The van der Waals surface area contributed by atoms with Gasteiger partial charge in [-0.05, 0) is 20.3 Å². The van der Waals surface area contributed by atoms with E-state index >= 15 is 0 Å². The summed E-state index contributed by atoms with van der Waals surface area (Å²) in [5.74, 6) is -2.53. The van der Waals surface area contributed by atoms with Crippen molar-refractivity contribution in [1.82, 2.24) is 0 Å². The highest BCUT2D eigenvalue weighted by atomic mass is 16.6. The van der Waals surface area contributed by atoms with Gasteiger partial charge in [0.2, 0.25) is 0 Å². The first-order valence-corrected chi connectivity index (χ1v) is 4.98. The molecule has 0 radical (unpaired) electrons. The van der Waals surface area contributed by atoms with Crippen LogP contribution in [0.1, 0.15) is 26.7 Å². The molecular weight excluding hydrogens is 216 g/mol. The summed E-state index contributed by atoms with van der Waals surface area (Å²) in [5, 5.41) is 26.2. The number of aliphatic hydroxyl groups excluding tert-OH is 2. The van der Waals surface area contributed by atoms with E-state index in [9.17, 15) is 9.59 Å². The molecule has 6 nitrogen and oxygen atoms in total. The number of hydrogen-bond donors (Lipinski definition) is 3. The second-order valence-corrected chi connectivity index (χ2v) is 4.04. The number of aliphatic carboxylic acids is 1. The molecule has 0 aliphatic heterocycles. The maximum absolute atomic E-state index is 11.1. The molecule has 0 aromatic rings. The lowest BCUT2D eigenvalue weighted by molar-refractivity contribution is -0.167. The quantitative estimate of drug-likeness (QED) is 0.415. The number of carbonyl (C=O) groups excluding carboxylic acids is 1. The van der Waals surface area contributed by atoms with Crippen LogP contribution in [0.2, 0.25) is 0 Å². The molecule has 0 spiro atoms. The number of ether oxygens (including phenoxy) is 1. The van der Waals surface area contributed by atoms with Crippen LogP contribution in [0.4, 0.5) is 0 Å². The molecule has 0 amide bonds. The first-order chi connectivity index (χ1) is 7.33. The molecule has 0 saturated carbocycles. The van der Waals surface area contributed by atoms with Crippen molar-refractivity contribution in [3.8, 4) is 0 Å². The maximum Gasteiger partial charge on any atom is 0.317 e. The van der Waals surface area contributed by atoms with E-state index < -0.39 is 29.9 Å². The average molecular weight is 234 g/mol. The Kier molecular flexibility index (Phi) is 5.98. The van der Waals surface area contributed by atoms with E-state index in [-0.39, 0.29) is 19.6 Å². The van der Waals surface area contributed by atoms with Gasteiger partial charge in [-0.3, -0.25) is 9.59 Å². The normalized spacial score (nSPS) is 13.2. The molecule has 0 aliphatic carbocycles. The van der Waals surface area contributed by atoms with Gasteiger partial charge in [-0.15, -0.1) is 0 Å². The predicted octanol–water partition coefficient (Wildman–Crippen LogP) is -0.226. The fraction of sp³-hybridized carbons (Fsp3) is 0.800. The van der Waals surface area contributed by atoms with Crippen LogP contribution in [0.25, 0.3) is 0 Å². The van der Waals surface area contributed by atoms with Gasteiger partial charge >= 0.3 is 11.9 Å². The Morgan fingerprint density at radius 2 is 1.88 bits per heavy atom. The number of esters is 1. The molecule has 1 atom stereocenters. The zero-order valence-corrected chi connectivity index (χ0v) is 9.47. The lowest BCUT2D eigenvalue weighted by Crippen LogP contribution is -2.39. The minimum atomic E-state index is -1.26. The highest BCUT2D eigenvalue weighted by Crippen LogP contribution is 2.24. The molecule has 1 unspecified atom stereocenters. The highest BCUT2D eigenvalue weighted by Gasteiger charge is 2.32. The van der Waals surface area contributed by atoms with Crippen molar-refractivity contribution in [3.63, 3.8) is 0 Å². The van der Waals surface area contributed by atoms with Gasteiger partial charge in [0, 0.05) is 19.1 Å². The molecule has 94 valence electrons. The number of carboxylic acid groups (broad SMARTS) is 1. The summed E-state index contributed by atoms with van der Waals surface area (Å²) in [7, 11) is 0. The number of hydrogen-bond acceptors (Lipinski definition) is 5. The standard InChI is InChI=1S/C10H18O6/c1-10(2,7(6-12)3-4-11)16-9(15)5-8(13)14/h7,11-12H,3-6H2,1-2H3,(H,13,14). The zero-order chi connectivity index (χ0) is 12.8. The van der Waals surface area contributed by atoms with Gasteiger partial charge in [-0.2, -0.15) is 0 Å². The Hall–Kier alpha value is -1.14. The van der Waals surface area contributed by atoms with Crippen LogP contribution in [0.3, 0.4) is 0 Å². The fourth-order valence-corrected chi connectivity index (χ4v) is 1.35. The van der Waals surface area contributed by atoms with Gasteiger partial charge in [0.05, 0.1) is 0 Å². The highest BCUT2D eigenvalue weighted by molar-refractivity contribution is 5.90. The third-order valence-electron chi connectivity index (χ3n) is 2.35. The van der Waals surface area contributed by atoms with Crippen molar-refractivity contribution in [2.24, 2.45) is 5.92 Å². The molecule has 0 fully saturated rings. The molecule has 0 aliphatic rings. The summed E-state index contributed by atoms with van der Waals surface area (Å²) in [6.45, 7) is 2.77. The average Bonchev–Trinajstić information content (AvgIpc) is 2.11. The number of rotatable bonds is 7. The fourth-order valence-electron chi connectivity index (χ4n) is 1.35. The molecule has 0 bridgehead atoms. The van der Waals surface area contributed by atoms with Gasteiger partial charge in [0.1, 0.15) is 12.0 Å². The number of aliphatic hydroxyl groups is 2. The molecular formula is C10H18O6. The minimum Gasteiger partial charge on any atom is -0.481 e. The van der Waals surface area contributed by atoms with Crippen LogP contribution in [0.15, 0.2) is 0 Å². The summed E-state index contributed by atoms with van der Waals surface area (Å²) in [6, 6.07) is 0. The van der Waals surface area contributed by atoms with Crippen molar-refractivity contribution in [1.29, 1.82) is 0 Å². The van der Waals surface area contributed by atoms with Gasteiger partial charge in [0.25, 0.3) is 0 Å². The Morgan fingerprint density at radius 3 is 2.25 bits per heavy atom. The molecule has 0 rings (SSSR count). The van der Waals surface area contributed by atoms with Crippen molar-refractivity contribution in [2.75, 3.05) is 13.2 Å². The molecule has 0 heterocycles. The van der Waals surface area contributed by atoms with E-state index in [1.54, 1.807) is 13.8 Å². The summed E-state index contributed by atoms with van der Waals surface area (Å²) in [5.41, 5.74) is -0.996. The Labute approximate surface area is 93.8 Å². The van der Waals surface area contributed by atoms with Crippen LogP contribution >= 0.6 is 0 Å². The van der Waals surface area contributed by atoms with Crippen LogP contribution in [0.5, 0.6) is 0 Å². The Morgan fingerprint density at radius 1 is 1.31 bits per heavy atom. The third-order valence-corrected chi connectivity index (χ3v) is 2.35. The van der Waals surface area contributed by atoms with Crippen molar-refractivity contribution in [2.45, 2.75) is 32.3 Å². The summed E-state index contributed by atoms with van der Waals surface area (Å²) in [6.07, 6.45) is -0.426. The lowest BCUT2D eigenvalue weighted by Gasteiger charge is -2.32. The monoisotopic (exact) mass is 234 g/mol.